The quantitative estimate of drug-likeness (QED) is 0.417. The number of fused-ring (bicyclic) bond motifs is 1. The number of carbonyl (C=O) groups excluding carboxylic acids is 1. The zero-order valence-electron chi connectivity index (χ0n) is 10.4. The number of benzene rings is 2. The van der Waals surface area contributed by atoms with Crippen LogP contribution in [0, 0.1) is 10.1 Å². The summed E-state index contributed by atoms with van der Waals surface area (Å²) in [5.74, 6) is 0.269. The number of rotatable bonds is 3. The average Bonchev–Trinajstić information content (AvgIpc) is 2.90. The van der Waals surface area contributed by atoms with Crippen molar-refractivity contribution in [3.63, 3.8) is 0 Å². The van der Waals surface area contributed by atoms with Gasteiger partial charge in [0.25, 0.3) is 10.9 Å². The molecule has 0 bridgehead atoms. The minimum atomic E-state index is -0.834. The highest BCUT2D eigenvalue weighted by atomic mass is 35.5. The second-order valence-electron chi connectivity index (χ2n) is 4.26. The van der Waals surface area contributed by atoms with Crippen molar-refractivity contribution in [2.45, 2.75) is 0 Å². The summed E-state index contributed by atoms with van der Waals surface area (Å²) >= 11 is 5.46. The molecule has 0 amide bonds. The fourth-order valence-electron chi connectivity index (χ4n) is 1.97. The largest absolute Gasteiger partial charge is 0.435 e. The minimum Gasteiger partial charge on any atom is -0.435 e. The highest BCUT2D eigenvalue weighted by Crippen LogP contribution is 2.30. The van der Waals surface area contributed by atoms with Crippen LogP contribution in [0.1, 0.15) is 10.4 Å². The fraction of sp³-hybridized carbons (Fsp3) is 0. The third-order valence-corrected chi connectivity index (χ3v) is 3.12. The van der Waals surface area contributed by atoms with Crippen LogP contribution in [0.15, 0.2) is 46.9 Å². The van der Waals surface area contributed by atoms with E-state index in [0.29, 0.717) is 5.56 Å². The standard InChI is InChI=1S/C14H7ClN2O4/c15-13(18)10-6-9(17(19)20)7-11-12(10)21-14(16-11)8-4-2-1-3-5-8/h1-7H. The first-order valence-corrected chi connectivity index (χ1v) is 6.28. The van der Waals surface area contributed by atoms with Gasteiger partial charge in [-0.15, -0.1) is 0 Å². The van der Waals surface area contributed by atoms with E-state index in [0.717, 1.165) is 6.07 Å². The number of hydrogen-bond donors (Lipinski definition) is 0. The van der Waals surface area contributed by atoms with Crippen LogP contribution in [0.25, 0.3) is 22.6 Å². The van der Waals surface area contributed by atoms with E-state index in [2.05, 4.69) is 4.98 Å². The van der Waals surface area contributed by atoms with Gasteiger partial charge >= 0.3 is 0 Å². The minimum absolute atomic E-state index is 0.0736. The number of nitrogens with zero attached hydrogens (tertiary/aromatic N) is 2. The molecule has 0 aliphatic rings. The first-order chi connectivity index (χ1) is 10.1. The van der Waals surface area contributed by atoms with Gasteiger partial charge in [-0.05, 0) is 23.7 Å². The van der Waals surface area contributed by atoms with E-state index < -0.39 is 10.2 Å². The van der Waals surface area contributed by atoms with E-state index in [1.165, 1.54) is 6.07 Å². The first kappa shape index (κ1) is 13.3. The maximum Gasteiger partial charge on any atom is 0.272 e. The maximum absolute atomic E-state index is 11.4. The van der Waals surface area contributed by atoms with E-state index in [-0.39, 0.29) is 28.2 Å². The summed E-state index contributed by atoms with van der Waals surface area (Å²) in [4.78, 5) is 25.9. The number of nitro groups is 1. The van der Waals surface area contributed by atoms with Crippen LogP contribution in [-0.4, -0.2) is 15.1 Å². The normalized spacial score (nSPS) is 10.7. The lowest BCUT2D eigenvalue weighted by Crippen LogP contribution is -1.94. The van der Waals surface area contributed by atoms with Gasteiger partial charge in [0.15, 0.2) is 5.58 Å². The van der Waals surface area contributed by atoms with Gasteiger partial charge in [-0.1, -0.05) is 18.2 Å². The molecule has 0 fully saturated rings. The molecule has 0 spiro atoms. The van der Waals surface area contributed by atoms with Gasteiger partial charge in [-0.3, -0.25) is 14.9 Å². The summed E-state index contributed by atoms with van der Waals surface area (Å²) in [6.07, 6.45) is 0. The number of halogens is 1. The molecule has 0 atom stereocenters. The first-order valence-electron chi connectivity index (χ1n) is 5.90. The van der Waals surface area contributed by atoms with Crippen LogP contribution in [0.3, 0.4) is 0 Å². The van der Waals surface area contributed by atoms with Gasteiger partial charge in [0, 0.05) is 17.7 Å². The van der Waals surface area contributed by atoms with Crippen molar-refractivity contribution >= 4 is 33.6 Å². The molecular formula is C14H7ClN2O4. The van der Waals surface area contributed by atoms with Crippen LogP contribution in [-0.2, 0) is 0 Å². The van der Waals surface area contributed by atoms with Crippen LogP contribution >= 0.6 is 11.6 Å². The average molecular weight is 303 g/mol. The topological polar surface area (TPSA) is 86.2 Å². The Labute approximate surface area is 123 Å². The maximum atomic E-state index is 11.4. The van der Waals surface area contributed by atoms with E-state index in [1.54, 1.807) is 24.3 Å². The van der Waals surface area contributed by atoms with Crippen LogP contribution in [0.4, 0.5) is 5.69 Å². The summed E-state index contributed by atoms with van der Waals surface area (Å²) in [7, 11) is 0. The summed E-state index contributed by atoms with van der Waals surface area (Å²) in [6, 6.07) is 11.3. The molecule has 1 heterocycles. The lowest BCUT2D eigenvalue weighted by molar-refractivity contribution is -0.384. The van der Waals surface area contributed by atoms with E-state index in [1.807, 2.05) is 6.07 Å². The predicted octanol–water partition coefficient (Wildman–Crippen LogP) is 3.78. The summed E-state index contributed by atoms with van der Waals surface area (Å²) in [6.45, 7) is 0. The predicted molar refractivity (Wildman–Crippen MR) is 76.3 cm³/mol. The third kappa shape index (κ3) is 2.36. The molecule has 0 radical (unpaired) electrons. The highest BCUT2D eigenvalue weighted by molar-refractivity contribution is 6.68. The van der Waals surface area contributed by atoms with Gasteiger partial charge < -0.3 is 4.42 Å². The molecule has 0 unspecified atom stereocenters. The van der Waals surface area contributed by atoms with Crippen molar-refractivity contribution < 1.29 is 14.1 Å². The van der Waals surface area contributed by atoms with Crippen molar-refractivity contribution in [1.82, 2.24) is 4.98 Å². The Kier molecular flexibility index (Phi) is 3.15. The Bertz CT molecular complexity index is 858. The van der Waals surface area contributed by atoms with E-state index in [4.69, 9.17) is 16.0 Å². The van der Waals surface area contributed by atoms with Crippen molar-refractivity contribution in [2.24, 2.45) is 0 Å². The Hall–Kier alpha value is -2.73. The number of hydrogen-bond acceptors (Lipinski definition) is 5. The van der Waals surface area contributed by atoms with Gasteiger partial charge in [-0.25, -0.2) is 4.98 Å². The molecule has 3 aromatic rings. The second kappa shape index (κ2) is 4.99. The lowest BCUT2D eigenvalue weighted by atomic mass is 10.2. The zero-order chi connectivity index (χ0) is 15.0. The Balaban J connectivity index is 2.27. The third-order valence-electron chi connectivity index (χ3n) is 2.92. The van der Waals surface area contributed by atoms with Crippen LogP contribution in [0.5, 0.6) is 0 Å². The lowest BCUT2D eigenvalue weighted by Gasteiger charge is -1.96. The number of non-ortho nitro benzene ring substituents is 1. The number of aromatic nitrogens is 1. The number of carbonyl (C=O) groups is 1. The zero-order valence-corrected chi connectivity index (χ0v) is 11.2. The van der Waals surface area contributed by atoms with Gasteiger partial charge in [0.1, 0.15) is 5.52 Å². The van der Waals surface area contributed by atoms with Crippen LogP contribution in [0.2, 0.25) is 0 Å². The van der Waals surface area contributed by atoms with E-state index >= 15 is 0 Å². The Morgan fingerprint density at radius 3 is 2.57 bits per heavy atom. The van der Waals surface area contributed by atoms with Crippen molar-refractivity contribution in [2.75, 3.05) is 0 Å². The van der Waals surface area contributed by atoms with E-state index in [9.17, 15) is 14.9 Å². The summed E-state index contributed by atoms with van der Waals surface area (Å²) in [5.41, 5.74) is 0.714. The van der Waals surface area contributed by atoms with Crippen molar-refractivity contribution in [3.8, 4) is 11.5 Å². The molecule has 104 valence electrons. The summed E-state index contributed by atoms with van der Waals surface area (Å²) < 4.78 is 5.54. The van der Waals surface area contributed by atoms with Crippen molar-refractivity contribution in [3.05, 3.63) is 58.1 Å². The van der Waals surface area contributed by atoms with Gasteiger partial charge in [0.05, 0.1) is 10.5 Å². The molecule has 0 aliphatic heterocycles. The molecule has 0 saturated heterocycles. The smallest absolute Gasteiger partial charge is 0.272 e. The monoisotopic (exact) mass is 302 g/mol. The molecule has 0 saturated carbocycles. The molecule has 2 aromatic carbocycles. The van der Waals surface area contributed by atoms with Gasteiger partial charge in [-0.2, -0.15) is 0 Å². The number of nitro benzene ring substituents is 1. The molecule has 7 heteroatoms. The Morgan fingerprint density at radius 2 is 1.95 bits per heavy atom. The molecule has 1 aromatic heterocycles. The highest BCUT2D eigenvalue weighted by Gasteiger charge is 2.20. The van der Waals surface area contributed by atoms with Crippen LogP contribution < -0.4 is 0 Å². The SMILES string of the molecule is O=C(Cl)c1cc([N+](=O)[O-])cc2nc(-c3ccccc3)oc12. The molecule has 0 aliphatic carbocycles. The molecule has 3 rings (SSSR count). The molecule has 6 nitrogen and oxygen atoms in total. The number of oxazole rings is 1. The molecular weight excluding hydrogens is 296 g/mol. The fourth-order valence-corrected chi connectivity index (χ4v) is 2.11. The Morgan fingerprint density at radius 1 is 1.24 bits per heavy atom. The van der Waals surface area contributed by atoms with Crippen molar-refractivity contribution in [1.29, 1.82) is 0 Å². The molecule has 0 N–H and O–H groups in total. The summed E-state index contributed by atoms with van der Waals surface area (Å²) in [5, 5.41) is 10.1. The molecule has 21 heavy (non-hydrogen) atoms. The second-order valence-corrected chi connectivity index (χ2v) is 4.60. The van der Waals surface area contributed by atoms with Gasteiger partial charge in [0.2, 0.25) is 5.89 Å².